The normalized spacial score (nSPS) is 18.0. The SMILES string of the molecule is CC(CCc1ccc2c(c1)OCO2)N(CC(=O)O)C1CC1. The minimum atomic E-state index is -0.739. The number of hydrogen-bond acceptors (Lipinski definition) is 4. The summed E-state index contributed by atoms with van der Waals surface area (Å²) in [6.45, 7) is 2.56. The summed E-state index contributed by atoms with van der Waals surface area (Å²) in [6, 6.07) is 6.76. The third kappa shape index (κ3) is 3.47. The molecule has 1 N–H and O–H groups in total. The molecule has 5 nitrogen and oxygen atoms in total. The van der Waals surface area contributed by atoms with Gasteiger partial charge in [-0.2, -0.15) is 0 Å². The zero-order chi connectivity index (χ0) is 14.8. The fraction of sp³-hybridized carbons (Fsp3) is 0.562. The van der Waals surface area contributed by atoms with E-state index in [0.717, 1.165) is 37.2 Å². The van der Waals surface area contributed by atoms with Gasteiger partial charge in [0.2, 0.25) is 6.79 Å². The molecule has 5 heteroatoms. The van der Waals surface area contributed by atoms with Crippen LogP contribution in [-0.4, -0.2) is 41.4 Å². The second-order valence-electron chi connectivity index (χ2n) is 5.87. The molecule has 2 aliphatic rings. The number of benzene rings is 1. The molecule has 1 fully saturated rings. The molecule has 0 saturated heterocycles. The zero-order valence-corrected chi connectivity index (χ0v) is 12.2. The van der Waals surface area contributed by atoms with E-state index in [1.807, 2.05) is 12.1 Å². The van der Waals surface area contributed by atoms with E-state index in [-0.39, 0.29) is 12.6 Å². The maximum atomic E-state index is 11.0. The summed E-state index contributed by atoms with van der Waals surface area (Å²) < 4.78 is 10.7. The van der Waals surface area contributed by atoms with Crippen molar-refractivity contribution in [2.24, 2.45) is 0 Å². The number of aryl methyl sites for hydroxylation is 1. The molecule has 0 aromatic heterocycles. The van der Waals surface area contributed by atoms with Gasteiger partial charge in [-0.15, -0.1) is 0 Å². The lowest BCUT2D eigenvalue weighted by Gasteiger charge is -2.27. The minimum Gasteiger partial charge on any atom is -0.480 e. The van der Waals surface area contributed by atoms with Crippen LogP contribution >= 0.6 is 0 Å². The molecule has 0 radical (unpaired) electrons. The summed E-state index contributed by atoms with van der Waals surface area (Å²) in [6.07, 6.45) is 4.12. The lowest BCUT2D eigenvalue weighted by molar-refractivity contribution is -0.139. The third-order valence-electron chi connectivity index (χ3n) is 4.19. The van der Waals surface area contributed by atoms with E-state index in [1.165, 1.54) is 5.56 Å². The Bertz CT molecular complexity index is 527. The van der Waals surface area contributed by atoms with Crippen LogP contribution in [-0.2, 0) is 11.2 Å². The van der Waals surface area contributed by atoms with Crippen LogP contribution in [0.25, 0.3) is 0 Å². The summed E-state index contributed by atoms with van der Waals surface area (Å²) in [4.78, 5) is 13.1. The highest BCUT2D eigenvalue weighted by atomic mass is 16.7. The van der Waals surface area contributed by atoms with Crippen LogP contribution < -0.4 is 9.47 Å². The Morgan fingerprint density at radius 1 is 1.38 bits per heavy atom. The Kier molecular flexibility index (Phi) is 4.01. The van der Waals surface area contributed by atoms with E-state index in [1.54, 1.807) is 0 Å². The molecular formula is C16H21NO4. The van der Waals surface area contributed by atoms with E-state index in [0.29, 0.717) is 12.8 Å². The van der Waals surface area contributed by atoms with Crippen molar-refractivity contribution in [1.82, 2.24) is 4.90 Å². The fourth-order valence-corrected chi connectivity index (χ4v) is 2.85. The van der Waals surface area contributed by atoms with Gasteiger partial charge in [-0.1, -0.05) is 6.07 Å². The molecule has 1 unspecified atom stereocenters. The third-order valence-corrected chi connectivity index (χ3v) is 4.19. The standard InChI is InChI=1S/C16H21NO4/c1-11(17(9-16(18)19)13-5-6-13)2-3-12-4-7-14-15(8-12)21-10-20-14/h4,7-8,11,13H,2-3,5-6,9-10H2,1H3,(H,18,19). The van der Waals surface area contributed by atoms with Crippen LogP contribution in [0.3, 0.4) is 0 Å². The second kappa shape index (κ2) is 5.93. The van der Waals surface area contributed by atoms with Crippen LogP contribution in [0, 0.1) is 0 Å². The molecule has 3 rings (SSSR count). The number of ether oxygens (including phenoxy) is 2. The summed E-state index contributed by atoms with van der Waals surface area (Å²) in [5, 5.41) is 9.03. The molecule has 1 aliphatic heterocycles. The Morgan fingerprint density at radius 2 is 2.14 bits per heavy atom. The smallest absolute Gasteiger partial charge is 0.317 e. The lowest BCUT2D eigenvalue weighted by atomic mass is 10.0. The Balaban J connectivity index is 1.57. The highest BCUT2D eigenvalue weighted by Gasteiger charge is 2.33. The van der Waals surface area contributed by atoms with Crippen molar-refractivity contribution >= 4 is 5.97 Å². The predicted molar refractivity (Wildman–Crippen MR) is 77.7 cm³/mol. The van der Waals surface area contributed by atoms with Crippen LogP contribution in [0.15, 0.2) is 18.2 Å². The molecule has 114 valence electrons. The Labute approximate surface area is 124 Å². The number of fused-ring (bicyclic) bond motifs is 1. The number of carboxylic acids is 1. The van der Waals surface area contributed by atoms with Gasteiger partial charge in [0.15, 0.2) is 11.5 Å². The maximum Gasteiger partial charge on any atom is 0.317 e. The fourth-order valence-electron chi connectivity index (χ4n) is 2.85. The zero-order valence-electron chi connectivity index (χ0n) is 12.2. The lowest BCUT2D eigenvalue weighted by Crippen LogP contribution is -2.39. The average Bonchev–Trinajstić information content (AvgIpc) is 3.19. The quantitative estimate of drug-likeness (QED) is 0.835. The van der Waals surface area contributed by atoms with Crippen molar-refractivity contribution in [3.63, 3.8) is 0 Å². The second-order valence-corrected chi connectivity index (χ2v) is 5.87. The monoisotopic (exact) mass is 291 g/mol. The number of aliphatic carboxylic acids is 1. The van der Waals surface area contributed by atoms with Crippen LogP contribution in [0.2, 0.25) is 0 Å². The minimum absolute atomic E-state index is 0.146. The van der Waals surface area contributed by atoms with Gasteiger partial charge in [-0.25, -0.2) is 0 Å². The van der Waals surface area contributed by atoms with E-state index >= 15 is 0 Å². The van der Waals surface area contributed by atoms with E-state index < -0.39 is 5.97 Å². The van der Waals surface area contributed by atoms with Crippen molar-refractivity contribution in [2.45, 2.75) is 44.7 Å². The topological polar surface area (TPSA) is 59.0 Å². The van der Waals surface area contributed by atoms with Gasteiger partial charge in [0.05, 0.1) is 6.54 Å². The largest absolute Gasteiger partial charge is 0.480 e. The van der Waals surface area contributed by atoms with Crippen LogP contribution in [0.1, 0.15) is 31.7 Å². The Hall–Kier alpha value is -1.75. The van der Waals surface area contributed by atoms with Crippen molar-refractivity contribution in [3.8, 4) is 11.5 Å². The molecular weight excluding hydrogens is 270 g/mol. The number of nitrogens with zero attached hydrogens (tertiary/aromatic N) is 1. The van der Waals surface area contributed by atoms with Crippen molar-refractivity contribution in [1.29, 1.82) is 0 Å². The first kappa shape index (κ1) is 14.2. The molecule has 1 atom stereocenters. The molecule has 1 aromatic rings. The van der Waals surface area contributed by atoms with E-state index in [2.05, 4.69) is 17.9 Å². The molecule has 1 heterocycles. The summed E-state index contributed by atoms with van der Waals surface area (Å²) in [5.74, 6) is 0.874. The number of carboxylic acid groups (broad SMARTS) is 1. The van der Waals surface area contributed by atoms with Crippen molar-refractivity contribution in [3.05, 3.63) is 23.8 Å². The van der Waals surface area contributed by atoms with Gasteiger partial charge in [-0.3, -0.25) is 9.69 Å². The van der Waals surface area contributed by atoms with Crippen molar-refractivity contribution in [2.75, 3.05) is 13.3 Å². The predicted octanol–water partition coefficient (Wildman–Crippen LogP) is 2.29. The molecule has 1 aromatic carbocycles. The van der Waals surface area contributed by atoms with Crippen LogP contribution in [0.4, 0.5) is 0 Å². The summed E-state index contributed by atoms with van der Waals surface area (Å²) >= 11 is 0. The van der Waals surface area contributed by atoms with Gasteiger partial charge < -0.3 is 14.6 Å². The van der Waals surface area contributed by atoms with Crippen LogP contribution in [0.5, 0.6) is 11.5 Å². The molecule has 1 saturated carbocycles. The van der Waals surface area contributed by atoms with Gasteiger partial charge in [0.25, 0.3) is 0 Å². The highest BCUT2D eigenvalue weighted by molar-refractivity contribution is 5.69. The van der Waals surface area contributed by atoms with E-state index in [9.17, 15) is 4.79 Å². The first-order valence-corrected chi connectivity index (χ1v) is 7.49. The van der Waals surface area contributed by atoms with Gasteiger partial charge in [0.1, 0.15) is 0 Å². The maximum absolute atomic E-state index is 11.0. The van der Waals surface area contributed by atoms with Gasteiger partial charge >= 0.3 is 5.97 Å². The molecule has 0 spiro atoms. The molecule has 1 aliphatic carbocycles. The average molecular weight is 291 g/mol. The molecule has 0 bridgehead atoms. The summed E-state index contributed by atoms with van der Waals surface area (Å²) in [5.41, 5.74) is 1.21. The molecule has 21 heavy (non-hydrogen) atoms. The van der Waals surface area contributed by atoms with Gasteiger partial charge in [-0.05, 0) is 50.3 Å². The van der Waals surface area contributed by atoms with Gasteiger partial charge in [0, 0.05) is 12.1 Å². The first-order valence-electron chi connectivity index (χ1n) is 7.49. The highest BCUT2D eigenvalue weighted by Crippen LogP contribution is 2.33. The summed E-state index contributed by atoms with van der Waals surface area (Å²) in [7, 11) is 0. The van der Waals surface area contributed by atoms with Crippen molar-refractivity contribution < 1.29 is 19.4 Å². The van der Waals surface area contributed by atoms with E-state index in [4.69, 9.17) is 14.6 Å². The number of rotatable bonds is 7. The number of hydrogen-bond donors (Lipinski definition) is 1. The first-order chi connectivity index (χ1) is 10.1. The number of carbonyl (C=O) groups is 1. The Morgan fingerprint density at radius 3 is 2.86 bits per heavy atom. The molecule has 0 amide bonds.